The number of aromatic nitrogens is 4. The lowest BCUT2D eigenvalue weighted by atomic mass is 10.4. The fraction of sp³-hybridized carbons (Fsp3) is 0.833. The van der Waals surface area contributed by atoms with Gasteiger partial charge < -0.3 is 5.73 Å². The molecule has 1 fully saturated rings. The predicted octanol–water partition coefficient (Wildman–Crippen LogP) is -0.0364. The Hall–Kier alpha value is -0.680. The fourth-order valence-electron chi connectivity index (χ4n) is 1.06. The standard InChI is InChI=1S/C6H11N5.ClH/c7-3-6-8-9-10-11(6)4-5-1-2-5;/h5H,1-4,7H2;1H. The Bertz CT molecular complexity index is 244. The zero-order chi connectivity index (χ0) is 7.68. The highest BCUT2D eigenvalue weighted by atomic mass is 35.5. The minimum absolute atomic E-state index is 0. The van der Waals surface area contributed by atoms with Crippen molar-refractivity contribution in [1.29, 1.82) is 0 Å². The second kappa shape index (κ2) is 3.82. The molecule has 0 radical (unpaired) electrons. The Morgan fingerprint density at radius 3 is 2.83 bits per heavy atom. The second-order valence-electron chi connectivity index (χ2n) is 2.92. The van der Waals surface area contributed by atoms with Crippen molar-refractivity contribution in [2.45, 2.75) is 25.9 Å². The Morgan fingerprint density at radius 2 is 2.25 bits per heavy atom. The SMILES string of the molecule is Cl.NCc1nnnn1CC1CC1. The summed E-state index contributed by atoms with van der Waals surface area (Å²) in [7, 11) is 0. The highest BCUT2D eigenvalue weighted by molar-refractivity contribution is 5.85. The highest BCUT2D eigenvalue weighted by Gasteiger charge is 2.23. The lowest BCUT2D eigenvalue weighted by Crippen LogP contribution is -2.10. The van der Waals surface area contributed by atoms with E-state index in [1.807, 2.05) is 0 Å². The third-order valence-corrected chi connectivity index (χ3v) is 1.92. The van der Waals surface area contributed by atoms with Gasteiger partial charge in [0.05, 0.1) is 6.54 Å². The lowest BCUT2D eigenvalue weighted by molar-refractivity contribution is 0.524. The van der Waals surface area contributed by atoms with Gasteiger partial charge >= 0.3 is 0 Å². The molecule has 0 saturated heterocycles. The molecule has 0 unspecified atom stereocenters. The summed E-state index contributed by atoms with van der Waals surface area (Å²) in [4.78, 5) is 0. The maximum absolute atomic E-state index is 5.43. The van der Waals surface area contributed by atoms with E-state index in [0.717, 1.165) is 18.3 Å². The molecule has 0 aliphatic heterocycles. The topological polar surface area (TPSA) is 69.6 Å². The van der Waals surface area contributed by atoms with Gasteiger partial charge in [-0.25, -0.2) is 4.68 Å². The van der Waals surface area contributed by atoms with Crippen molar-refractivity contribution in [3.8, 4) is 0 Å². The summed E-state index contributed by atoms with van der Waals surface area (Å²) in [6, 6.07) is 0. The summed E-state index contributed by atoms with van der Waals surface area (Å²) in [5.74, 6) is 1.58. The monoisotopic (exact) mass is 189 g/mol. The number of tetrazole rings is 1. The molecule has 0 amide bonds. The molecule has 1 aromatic heterocycles. The van der Waals surface area contributed by atoms with Crippen molar-refractivity contribution in [3.63, 3.8) is 0 Å². The van der Waals surface area contributed by atoms with E-state index >= 15 is 0 Å². The minimum atomic E-state index is 0. The molecular formula is C6H12ClN5. The molecule has 0 bridgehead atoms. The molecular weight excluding hydrogens is 178 g/mol. The van der Waals surface area contributed by atoms with E-state index in [0.29, 0.717) is 6.54 Å². The molecule has 1 aromatic rings. The smallest absolute Gasteiger partial charge is 0.164 e. The van der Waals surface area contributed by atoms with Gasteiger partial charge in [-0.3, -0.25) is 0 Å². The largest absolute Gasteiger partial charge is 0.324 e. The van der Waals surface area contributed by atoms with Crippen LogP contribution in [0.2, 0.25) is 0 Å². The van der Waals surface area contributed by atoms with Crippen LogP contribution in [0.3, 0.4) is 0 Å². The third kappa shape index (κ3) is 1.92. The van der Waals surface area contributed by atoms with E-state index in [9.17, 15) is 0 Å². The average Bonchev–Trinajstić information content (AvgIpc) is 2.68. The summed E-state index contributed by atoms with van der Waals surface area (Å²) in [6.45, 7) is 1.37. The van der Waals surface area contributed by atoms with Gasteiger partial charge in [0.2, 0.25) is 0 Å². The summed E-state index contributed by atoms with van der Waals surface area (Å²) >= 11 is 0. The molecule has 68 valence electrons. The van der Waals surface area contributed by atoms with Gasteiger partial charge in [0.25, 0.3) is 0 Å². The quantitative estimate of drug-likeness (QED) is 0.725. The fourth-order valence-corrected chi connectivity index (χ4v) is 1.06. The summed E-state index contributed by atoms with van der Waals surface area (Å²) in [5.41, 5.74) is 5.43. The van der Waals surface area contributed by atoms with Crippen LogP contribution in [-0.4, -0.2) is 20.2 Å². The highest BCUT2D eigenvalue weighted by Crippen LogP contribution is 2.30. The molecule has 2 rings (SSSR count). The Kier molecular flexibility index (Phi) is 2.99. The first kappa shape index (κ1) is 9.41. The van der Waals surface area contributed by atoms with E-state index in [1.54, 1.807) is 4.68 Å². The molecule has 1 saturated carbocycles. The first-order chi connectivity index (χ1) is 5.40. The molecule has 12 heavy (non-hydrogen) atoms. The van der Waals surface area contributed by atoms with Crippen LogP contribution in [-0.2, 0) is 13.1 Å². The van der Waals surface area contributed by atoms with Gasteiger partial charge in [0, 0.05) is 6.54 Å². The molecule has 6 heteroatoms. The number of halogens is 1. The zero-order valence-corrected chi connectivity index (χ0v) is 7.50. The first-order valence-electron chi connectivity index (χ1n) is 3.85. The van der Waals surface area contributed by atoms with Gasteiger partial charge in [0.1, 0.15) is 0 Å². The van der Waals surface area contributed by atoms with E-state index < -0.39 is 0 Å². The number of nitrogens with two attached hydrogens (primary N) is 1. The Balaban J connectivity index is 0.000000720. The van der Waals surface area contributed by atoms with Crippen molar-refractivity contribution in [2.24, 2.45) is 11.7 Å². The van der Waals surface area contributed by atoms with E-state index in [1.165, 1.54) is 12.8 Å². The Labute approximate surface area is 76.7 Å². The van der Waals surface area contributed by atoms with Crippen LogP contribution in [0.15, 0.2) is 0 Å². The summed E-state index contributed by atoms with van der Waals surface area (Å²) < 4.78 is 1.80. The molecule has 5 nitrogen and oxygen atoms in total. The van der Waals surface area contributed by atoms with Gasteiger partial charge in [-0.1, -0.05) is 0 Å². The van der Waals surface area contributed by atoms with Crippen molar-refractivity contribution < 1.29 is 0 Å². The van der Waals surface area contributed by atoms with Crippen molar-refractivity contribution in [1.82, 2.24) is 20.2 Å². The van der Waals surface area contributed by atoms with Gasteiger partial charge in [-0.05, 0) is 29.2 Å². The summed E-state index contributed by atoms with van der Waals surface area (Å²) in [5, 5.41) is 11.2. The minimum Gasteiger partial charge on any atom is -0.324 e. The molecule has 0 atom stereocenters. The molecule has 1 aliphatic carbocycles. The Morgan fingerprint density at radius 1 is 1.50 bits per heavy atom. The molecule has 1 heterocycles. The van der Waals surface area contributed by atoms with Crippen LogP contribution in [0.4, 0.5) is 0 Å². The second-order valence-corrected chi connectivity index (χ2v) is 2.92. The van der Waals surface area contributed by atoms with Gasteiger partial charge in [-0.2, -0.15) is 0 Å². The van der Waals surface area contributed by atoms with Crippen LogP contribution in [0.25, 0.3) is 0 Å². The molecule has 0 spiro atoms. The number of hydrogen-bond acceptors (Lipinski definition) is 4. The van der Waals surface area contributed by atoms with Crippen LogP contribution >= 0.6 is 12.4 Å². The third-order valence-electron chi connectivity index (χ3n) is 1.92. The van der Waals surface area contributed by atoms with E-state index in [2.05, 4.69) is 15.5 Å². The maximum atomic E-state index is 5.43. The first-order valence-corrected chi connectivity index (χ1v) is 3.85. The van der Waals surface area contributed by atoms with Gasteiger partial charge in [-0.15, -0.1) is 17.5 Å². The number of hydrogen-bond donors (Lipinski definition) is 1. The van der Waals surface area contributed by atoms with E-state index in [-0.39, 0.29) is 12.4 Å². The average molecular weight is 190 g/mol. The van der Waals surface area contributed by atoms with Crippen molar-refractivity contribution >= 4 is 12.4 Å². The van der Waals surface area contributed by atoms with Gasteiger partial charge in [0.15, 0.2) is 5.82 Å². The molecule has 0 aromatic carbocycles. The number of nitrogens with zero attached hydrogens (tertiary/aromatic N) is 4. The van der Waals surface area contributed by atoms with Crippen molar-refractivity contribution in [3.05, 3.63) is 5.82 Å². The number of rotatable bonds is 3. The van der Waals surface area contributed by atoms with Crippen LogP contribution in [0.5, 0.6) is 0 Å². The normalized spacial score (nSPS) is 15.8. The lowest BCUT2D eigenvalue weighted by Gasteiger charge is -1.98. The molecule has 2 N–H and O–H groups in total. The molecule has 1 aliphatic rings. The van der Waals surface area contributed by atoms with Crippen LogP contribution < -0.4 is 5.73 Å². The van der Waals surface area contributed by atoms with Crippen LogP contribution in [0.1, 0.15) is 18.7 Å². The van der Waals surface area contributed by atoms with Crippen molar-refractivity contribution in [2.75, 3.05) is 0 Å². The maximum Gasteiger partial charge on any atom is 0.164 e. The predicted molar refractivity (Wildman–Crippen MR) is 45.7 cm³/mol. The van der Waals surface area contributed by atoms with E-state index in [4.69, 9.17) is 5.73 Å². The zero-order valence-electron chi connectivity index (χ0n) is 6.68. The summed E-state index contributed by atoms with van der Waals surface area (Å²) in [6.07, 6.45) is 2.62. The van der Waals surface area contributed by atoms with Crippen LogP contribution in [0, 0.1) is 5.92 Å².